The van der Waals surface area contributed by atoms with Crippen LogP contribution in [-0.4, -0.2) is 27.1 Å². The van der Waals surface area contributed by atoms with Crippen LogP contribution in [-0.2, 0) is 0 Å². The minimum atomic E-state index is -1.25. The lowest BCUT2D eigenvalue weighted by molar-refractivity contribution is 0.0653. The van der Waals surface area contributed by atoms with E-state index in [0.717, 1.165) is 12.4 Å². The van der Waals surface area contributed by atoms with Crippen molar-refractivity contribution >= 4 is 11.9 Å². The highest BCUT2D eigenvalue weighted by Gasteiger charge is 2.15. The number of hydrogen-bond donors (Lipinski definition) is 3. The minimum Gasteiger partial charge on any atom is -0.478 e. The van der Waals surface area contributed by atoms with Crippen LogP contribution in [0, 0.1) is 0 Å². The number of aromatic nitrogens is 1. The zero-order valence-electron chi connectivity index (χ0n) is 5.37. The summed E-state index contributed by atoms with van der Waals surface area (Å²) in [6.07, 6.45) is 2.26. The van der Waals surface area contributed by atoms with E-state index in [4.69, 9.17) is 10.2 Å². The fourth-order valence-corrected chi connectivity index (χ4v) is 0.718. The van der Waals surface area contributed by atoms with Gasteiger partial charge in [-0.2, -0.15) is 0 Å². The van der Waals surface area contributed by atoms with Gasteiger partial charge in [-0.25, -0.2) is 9.59 Å². The first kappa shape index (κ1) is 7.33. The third-order valence-corrected chi connectivity index (χ3v) is 1.21. The van der Waals surface area contributed by atoms with E-state index in [1.54, 1.807) is 0 Å². The summed E-state index contributed by atoms with van der Waals surface area (Å²) in [4.78, 5) is 23.0. The minimum absolute atomic E-state index is 0.225. The molecule has 1 aromatic rings. The van der Waals surface area contributed by atoms with Crippen molar-refractivity contribution in [3.8, 4) is 0 Å². The van der Waals surface area contributed by atoms with Gasteiger partial charge in [-0.05, 0) is 0 Å². The van der Waals surface area contributed by atoms with E-state index in [0.29, 0.717) is 0 Å². The molecule has 0 aliphatic heterocycles. The molecule has 0 unspecified atom stereocenters. The predicted octanol–water partition coefficient (Wildman–Crippen LogP) is 0.411. The average Bonchev–Trinajstić information content (AvgIpc) is 2.32. The Morgan fingerprint density at radius 2 is 1.45 bits per heavy atom. The first-order valence-corrected chi connectivity index (χ1v) is 2.76. The van der Waals surface area contributed by atoms with Crippen LogP contribution < -0.4 is 0 Å². The molecule has 0 saturated carbocycles. The fraction of sp³-hybridized carbons (Fsp3) is 0. The van der Waals surface area contributed by atoms with Crippen LogP contribution in [0.3, 0.4) is 0 Å². The zero-order valence-corrected chi connectivity index (χ0v) is 5.37. The van der Waals surface area contributed by atoms with Crippen LogP contribution in [0.5, 0.6) is 0 Å². The summed E-state index contributed by atoms with van der Waals surface area (Å²) in [5.74, 6) is -2.49. The fourth-order valence-electron chi connectivity index (χ4n) is 0.718. The lowest BCUT2D eigenvalue weighted by Crippen LogP contribution is -2.03. The second kappa shape index (κ2) is 2.45. The van der Waals surface area contributed by atoms with Gasteiger partial charge < -0.3 is 15.2 Å². The van der Waals surface area contributed by atoms with E-state index in [1.165, 1.54) is 0 Å². The number of rotatable bonds is 2. The van der Waals surface area contributed by atoms with Crippen molar-refractivity contribution in [2.75, 3.05) is 0 Å². The number of aromatic carboxylic acids is 2. The van der Waals surface area contributed by atoms with Crippen molar-refractivity contribution < 1.29 is 19.8 Å². The van der Waals surface area contributed by atoms with Crippen LogP contribution >= 0.6 is 0 Å². The maximum absolute atomic E-state index is 10.3. The van der Waals surface area contributed by atoms with E-state index in [-0.39, 0.29) is 11.1 Å². The number of aromatic amines is 1. The van der Waals surface area contributed by atoms with Gasteiger partial charge in [-0.1, -0.05) is 0 Å². The molecule has 0 aromatic carbocycles. The molecular formula is C6H5NO4. The predicted molar refractivity (Wildman–Crippen MR) is 34.7 cm³/mol. The molecule has 5 heteroatoms. The number of carbonyl (C=O) groups is 2. The smallest absolute Gasteiger partial charge is 0.338 e. The number of nitrogens with one attached hydrogen (secondary N) is 1. The number of H-pyrrole nitrogens is 1. The molecule has 0 spiro atoms. The van der Waals surface area contributed by atoms with Gasteiger partial charge in [0.1, 0.15) is 0 Å². The standard InChI is InChI=1S/C6H5NO4/c8-5(9)3-1-7-2-4(3)6(10)11/h1-2,7H,(H,8,9)(H,10,11). The van der Waals surface area contributed by atoms with E-state index in [9.17, 15) is 9.59 Å². The van der Waals surface area contributed by atoms with Gasteiger partial charge in [0.05, 0.1) is 11.1 Å². The van der Waals surface area contributed by atoms with Crippen molar-refractivity contribution in [3.05, 3.63) is 23.5 Å². The van der Waals surface area contributed by atoms with E-state index in [1.807, 2.05) is 0 Å². The van der Waals surface area contributed by atoms with Crippen molar-refractivity contribution in [1.82, 2.24) is 4.98 Å². The molecule has 58 valence electrons. The number of carboxylic acid groups (broad SMARTS) is 2. The molecule has 0 radical (unpaired) electrons. The van der Waals surface area contributed by atoms with Gasteiger partial charge in [0.15, 0.2) is 0 Å². The second-order valence-corrected chi connectivity index (χ2v) is 1.89. The van der Waals surface area contributed by atoms with Crippen LogP contribution in [0.25, 0.3) is 0 Å². The summed E-state index contributed by atoms with van der Waals surface area (Å²) in [5, 5.41) is 16.8. The second-order valence-electron chi connectivity index (χ2n) is 1.89. The molecule has 1 heterocycles. The maximum atomic E-state index is 10.3. The van der Waals surface area contributed by atoms with Gasteiger partial charge >= 0.3 is 11.9 Å². The molecule has 0 aliphatic carbocycles. The van der Waals surface area contributed by atoms with Crippen LogP contribution in [0.15, 0.2) is 12.4 Å². The normalized spacial score (nSPS) is 9.45. The monoisotopic (exact) mass is 155 g/mol. The summed E-state index contributed by atoms with van der Waals surface area (Å²) in [6, 6.07) is 0. The summed E-state index contributed by atoms with van der Waals surface area (Å²) in [6.45, 7) is 0. The van der Waals surface area contributed by atoms with Crippen LogP contribution in [0.2, 0.25) is 0 Å². The highest BCUT2D eigenvalue weighted by molar-refractivity contribution is 6.01. The first-order valence-electron chi connectivity index (χ1n) is 2.76. The van der Waals surface area contributed by atoms with E-state index < -0.39 is 11.9 Å². The molecule has 1 rings (SSSR count). The quantitative estimate of drug-likeness (QED) is 0.576. The highest BCUT2D eigenvalue weighted by Crippen LogP contribution is 2.06. The van der Waals surface area contributed by atoms with Gasteiger partial charge in [0, 0.05) is 12.4 Å². The molecule has 0 amide bonds. The molecule has 0 atom stereocenters. The SMILES string of the molecule is O=C(O)c1c[nH]cc1C(=O)O. The van der Waals surface area contributed by atoms with Crippen molar-refractivity contribution in [2.24, 2.45) is 0 Å². The Balaban J connectivity index is 3.16. The summed E-state index contributed by atoms with van der Waals surface area (Å²) >= 11 is 0. The molecule has 3 N–H and O–H groups in total. The Bertz CT molecular complexity index is 273. The molecular weight excluding hydrogens is 150 g/mol. The molecule has 5 nitrogen and oxygen atoms in total. The van der Waals surface area contributed by atoms with Gasteiger partial charge in [-0.3, -0.25) is 0 Å². The summed E-state index contributed by atoms with van der Waals surface area (Å²) in [7, 11) is 0. The Morgan fingerprint density at radius 3 is 1.73 bits per heavy atom. The third-order valence-electron chi connectivity index (χ3n) is 1.21. The van der Waals surface area contributed by atoms with Gasteiger partial charge in [0.2, 0.25) is 0 Å². The lowest BCUT2D eigenvalue weighted by Gasteiger charge is -1.89. The Morgan fingerprint density at radius 1 is 1.09 bits per heavy atom. The average molecular weight is 155 g/mol. The van der Waals surface area contributed by atoms with E-state index >= 15 is 0 Å². The summed E-state index contributed by atoms with van der Waals surface area (Å²) < 4.78 is 0. The number of hydrogen-bond acceptors (Lipinski definition) is 2. The zero-order chi connectivity index (χ0) is 8.43. The Kier molecular flexibility index (Phi) is 1.63. The first-order chi connectivity index (χ1) is 5.13. The third kappa shape index (κ3) is 1.21. The molecule has 11 heavy (non-hydrogen) atoms. The van der Waals surface area contributed by atoms with Crippen molar-refractivity contribution in [2.45, 2.75) is 0 Å². The lowest BCUT2D eigenvalue weighted by atomic mass is 10.2. The molecule has 0 fully saturated rings. The summed E-state index contributed by atoms with van der Waals surface area (Å²) in [5.41, 5.74) is -0.449. The van der Waals surface area contributed by atoms with Crippen molar-refractivity contribution in [1.29, 1.82) is 0 Å². The van der Waals surface area contributed by atoms with E-state index in [2.05, 4.69) is 4.98 Å². The largest absolute Gasteiger partial charge is 0.478 e. The van der Waals surface area contributed by atoms with Crippen LogP contribution in [0.4, 0.5) is 0 Å². The number of carboxylic acids is 2. The maximum Gasteiger partial charge on any atom is 0.338 e. The molecule has 1 aromatic heterocycles. The highest BCUT2D eigenvalue weighted by atomic mass is 16.4. The van der Waals surface area contributed by atoms with Gasteiger partial charge in [-0.15, -0.1) is 0 Å². The molecule has 0 bridgehead atoms. The van der Waals surface area contributed by atoms with Crippen molar-refractivity contribution in [3.63, 3.8) is 0 Å². The molecule has 0 saturated heterocycles. The molecule has 0 aliphatic rings. The van der Waals surface area contributed by atoms with Crippen LogP contribution in [0.1, 0.15) is 20.7 Å². The Hall–Kier alpha value is -1.78. The topological polar surface area (TPSA) is 90.4 Å². The van der Waals surface area contributed by atoms with Gasteiger partial charge in [0.25, 0.3) is 0 Å². The Labute approximate surface area is 61.3 Å².